The van der Waals surface area contributed by atoms with E-state index in [0.29, 0.717) is 0 Å². The Bertz CT molecular complexity index is 515. The highest BCUT2D eigenvalue weighted by Gasteiger charge is 2.01. The number of fused-ring (bicyclic) bond motifs is 1. The van der Waals surface area contributed by atoms with Gasteiger partial charge in [0.2, 0.25) is 0 Å². The molecule has 0 spiro atoms. The number of thioether (sulfide) groups is 1. The maximum Gasteiger partial charge on any atom is 0.134 e. The standard InChI is InChI=1S/C16H22N2S2/c1-2-3-4-7-10-20-16(19)17-12-14-11-13-8-5-6-9-15(13)18-14/h5-6,8-9,11,18H,2-4,7,10,12H2,1H3,(H,17,19). The third-order valence-electron chi connectivity index (χ3n) is 3.24. The first kappa shape index (κ1) is 15.4. The van der Waals surface area contributed by atoms with Crippen LogP contribution in [0.15, 0.2) is 30.3 Å². The van der Waals surface area contributed by atoms with Crippen molar-refractivity contribution in [3.63, 3.8) is 0 Å². The van der Waals surface area contributed by atoms with Gasteiger partial charge in [-0.3, -0.25) is 0 Å². The van der Waals surface area contributed by atoms with E-state index < -0.39 is 0 Å². The summed E-state index contributed by atoms with van der Waals surface area (Å²) in [5, 5.41) is 4.57. The molecule has 0 amide bonds. The molecule has 0 unspecified atom stereocenters. The van der Waals surface area contributed by atoms with Crippen LogP contribution >= 0.6 is 24.0 Å². The molecule has 20 heavy (non-hydrogen) atoms. The number of hydrogen-bond donors (Lipinski definition) is 2. The first-order chi connectivity index (χ1) is 9.79. The Hall–Kier alpha value is -1.00. The summed E-state index contributed by atoms with van der Waals surface area (Å²) in [6.45, 7) is 3.01. The number of unbranched alkanes of at least 4 members (excludes halogenated alkanes) is 3. The molecule has 0 atom stereocenters. The quantitative estimate of drug-likeness (QED) is 0.565. The second kappa shape index (κ2) is 8.32. The number of aromatic amines is 1. The topological polar surface area (TPSA) is 27.8 Å². The lowest BCUT2D eigenvalue weighted by atomic mass is 10.2. The molecule has 0 saturated heterocycles. The molecule has 0 aliphatic rings. The number of hydrogen-bond acceptors (Lipinski definition) is 2. The van der Waals surface area contributed by atoms with Crippen molar-refractivity contribution in [2.75, 3.05) is 5.75 Å². The molecule has 1 aromatic carbocycles. The Morgan fingerprint density at radius 3 is 2.90 bits per heavy atom. The van der Waals surface area contributed by atoms with E-state index in [0.717, 1.165) is 16.6 Å². The molecule has 2 rings (SSSR count). The zero-order chi connectivity index (χ0) is 14.2. The van der Waals surface area contributed by atoms with Crippen molar-refractivity contribution >= 4 is 39.2 Å². The molecular formula is C16H22N2S2. The van der Waals surface area contributed by atoms with Crippen LogP contribution in [0.1, 0.15) is 38.3 Å². The minimum absolute atomic E-state index is 0.773. The number of thiocarbonyl (C=S) groups is 1. The highest BCUT2D eigenvalue weighted by atomic mass is 32.2. The van der Waals surface area contributed by atoms with E-state index in [2.05, 4.69) is 41.5 Å². The Kier molecular flexibility index (Phi) is 6.40. The van der Waals surface area contributed by atoms with Crippen LogP contribution in [0.5, 0.6) is 0 Å². The number of H-pyrrole nitrogens is 1. The number of aromatic nitrogens is 1. The fraction of sp³-hybridized carbons (Fsp3) is 0.438. The molecule has 2 nitrogen and oxygen atoms in total. The van der Waals surface area contributed by atoms with Gasteiger partial charge in [0.15, 0.2) is 0 Å². The highest BCUT2D eigenvalue weighted by molar-refractivity contribution is 8.22. The fourth-order valence-electron chi connectivity index (χ4n) is 2.14. The predicted molar refractivity (Wildman–Crippen MR) is 94.3 cm³/mol. The molecule has 2 N–H and O–H groups in total. The average molecular weight is 306 g/mol. The van der Waals surface area contributed by atoms with Crippen LogP contribution in [0.25, 0.3) is 10.9 Å². The number of rotatable bonds is 7. The van der Waals surface area contributed by atoms with E-state index in [1.165, 1.54) is 42.3 Å². The van der Waals surface area contributed by atoms with Crippen molar-refractivity contribution in [3.05, 3.63) is 36.0 Å². The van der Waals surface area contributed by atoms with Gasteiger partial charge in [0.05, 0.1) is 6.54 Å². The van der Waals surface area contributed by atoms with Crippen molar-refractivity contribution in [1.29, 1.82) is 0 Å². The van der Waals surface area contributed by atoms with E-state index in [1.807, 2.05) is 6.07 Å². The normalized spacial score (nSPS) is 10.8. The van der Waals surface area contributed by atoms with Crippen molar-refractivity contribution in [1.82, 2.24) is 10.3 Å². The summed E-state index contributed by atoms with van der Waals surface area (Å²) in [7, 11) is 0. The zero-order valence-electron chi connectivity index (χ0n) is 11.9. The van der Waals surface area contributed by atoms with Crippen LogP contribution in [0.3, 0.4) is 0 Å². The molecule has 0 radical (unpaired) electrons. The van der Waals surface area contributed by atoms with Crippen molar-refractivity contribution < 1.29 is 0 Å². The number of benzene rings is 1. The monoisotopic (exact) mass is 306 g/mol. The van der Waals surface area contributed by atoms with Gasteiger partial charge in [-0.25, -0.2) is 0 Å². The largest absolute Gasteiger partial charge is 0.365 e. The first-order valence-corrected chi connectivity index (χ1v) is 8.66. The molecule has 2 aromatic rings. The summed E-state index contributed by atoms with van der Waals surface area (Å²) in [5.74, 6) is 1.12. The minimum atomic E-state index is 0.773. The van der Waals surface area contributed by atoms with Crippen LogP contribution in [-0.2, 0) is 6.54 Å². The highest BCUT2D eigenvalue weighted by Crippen LogP contribution is 2.15. The van der Waals surface area contributed by atoms with Gasteiger partial charge < -0.3 is 10.3 Å². The Morgan fingerprint density at radius 2 is 2.10 bits per heavy atom. The van der Waals surface area contributed by atoms with Gasteiger partial charge >= 0.3 is 0 Å². The molecule has 0 aliphatic carbocycles. The van der Waals surface area contributed by atoms with E-state index >= 15 is 0 Å². The molecule has 108 valence electrons. The van der Waals surface area contributed by atoms with Gasteiger partial charge in [-0.05, 0) is 23.9 Å². The fourth-order valence-corrected chi connectivity index (χ4v) is 3.17. The third kappa shape index (κ3) is 4.84. The van der Waals surface area contributed by atoms with Gasteiger partial charge in [0, 0.05) is 17.0 Å². The number of para-hydroxylation sites is 1. The Balaban J connectivity index is 1.70. The molecule has 4 heteroatoms. The van der Waals surface area contributed by atoms with Crippen molar-refractivity contribution in [2.45, 2.75) is 39.2 Å². The van der Waals surface area contributed by atoms with Gasteiger partial charge in [-0.15, -0.1) is 0 Å². The van der Waals surface area contributed by atoms with E-state index in [-0.39, 0.29) is 0 Å². The van der Waals surface area contributed by atoms with Crippen molar-refractivity contribution in [2.24, 2.45) is 0 Å². The molecule has 0 fully saturated rings. The van der Waals surface area contributed by atoms with Gasteiger partial charge in [-0.1, -0.05) is 68.4 Å². The summed E-state index contributed by atoms with van der Waals surface area (Å²) in [4.78, 5) is 3.40. The lowest BCUT2D eigenvalue weighted by Gasteiger charge is -2.06. The first-order valence-electron chi connectivity index (χ1n) is 7.27. The molecular weight excluding hydrogens is 284 g/mol. The summed E-state index contributed by atoms with van der Waals surface area (Å²) in [6.07, 6.45) is 5.18. The SMILES string of the molecule is CCCCCCSC(=S)NCc1cc2ccccc2[nH]1. The van der Waals surface area contributed by atoms with Crippen molar-refractivity contribution in [3.8, 4) is 0 Å². The van der Waals surface area contributed by atoms with Crippen LogP contribution in [-0.4, -0.2) is 15.1 Å². The van der Waals surface area contributed by atoms with Crippen LogP contribution in [0.4, 0.5) is 0 Å². The molecule has 1 aromatic heterocycles. The second-order valence-electron chi connectivity index (χ2n) is 4.93. The summed E-state index contributed by atoms with van der Waals surface area (Å²) in [6, 6.07) is 10.5. The Labute approximate surface area is 130 Å². The maximum absolute atomic E-state index is 5.35. The number of nitrogens with one attached hydrogen (secondary N) is 2. The molecule has 0 aliphatic heterocycles. The summed E-state index contributed by atoms with van der Waals surface area (Å²) in [5.41, 5.74) is 2.36. The Morgan fingerprint density at radius 1 is 1.25 bits per heavy atom. The lowest BCUT2D eigenvalue weighted by Crippen LogP contribution is -2.18. The smallest absolute Gasteiger partial charge is 0.134 e. The zero-order valence-corrected chi connectivity index (χ0v) is 13.6. The second-order valence-corrected chi connectivity index (χ2v) is 6.70. The lowest BCUT2D eigenvalue weighted by molar-refractivity contribution is 0.707. The molecule has 0 bridgehead atoms. The average Bonchev–Trinajstić information content (AvgIpc) is 2.88. The van der Waals surface area contributed by atoms with Crippen LogP contribution in [0.2, 0.25) is 0 Å². The summed E-state index contributed by atoms with van der Waals surface area (Å²) >= 11 is 7.11. The summed E-state index contributed by atoms with van der Waals surface area (Å²) < 4.78 is 0.903. The van der Waals surface area contributed by atoms with Gasteiger partial charge in [-0.2, -0.15) is 0 Å². The predicted octanol–water partition coefficient (Wildman–Crippen LogP) is 4.86. The van der Waals surface area contributed by atoms with E-state index in [9.17, 15) is 0 Å². The third-order valence-corrected chi connectivity index (χ3v) is 4.64. The van der Waals surface area contributed by atoms with E-state index in [1.54, 1.807) is 11.8 Å². The minimum Gasteiger partial charge on any atom is -0.365 e. The van der Waals surface area contributed by atoms with Crippen LogP contribution in [0, 0.1) is 0 Å². The van der Waals surface area contributed by atoms with E-state index in [4.69, 9.17) is 12.2 Å². The molecule has 1 heterocycles. The van der Waals surface area contributed by atoms with Gasteiger partial charge in [0.1, 0.15) is 4.32 Å². The molecule has 0 saturated carbocycles. The van der Waals surface area contributed by atoms with Gasteiger partial charge in [0.25, 0.3) is 0 Å². The maximum atomic E-state index is 5.35. The van der Waals surface area contributed by atoms with Crippen LogP contribution < -0.4 is 5.32 Å².